The highest BCUT2D eigenvalue weighted by Gasteiger charge is 2.36. The van der Waals surface area contributed by atoms with Crippen LogP contribution in [-0.4, -0.2) is 62.3 Å². The lowest BCUT2D eigenvalue weighted by atomic mass is 9.86. The lowest BCUT2D eigenvalue weighted by Crippen LogP contribution is -2.33. The van der Waals surface area contributed by atoms with Gasteiger partial charge in [0.15, 0.2) is 23.0 Å². The van der Waals surface area contributed by atoms with E-state index in [1.807, 2.05) is 12.1 Å². The molecule has 2 aliphatic rings. The molecule has 0 bridgehead atoms. The Labute approximate surface area is 239 Å². The summed E-state index contributed by atoms with van der Waals surface area (Å²) in [4.78, 5) is 16.9. The lowest BCUT2D eigenvalue weighted by Gasteiger charge is -2.38. The number of hydrogen-bond acceptors (Lipinski definition) is 8. The Morgan fingerprint density at radius 2 is 1.32 bits per heavy atom. The van der Waals surface area contributed by atoms with Gasteiger partial charge >= 0.3 is 5.97 Å². The summed E-state index contributed by atoms with van der Waals surface area (Å²) >= 11 is 0. The van der Waals surface area contributed by atoms with Crippen molar-refractivity contribution in [2.75, 3.05) is 41.4 Å². The van der Waals surface area contributed by atoms with Gasteiger partial charge in [0.2, 0.25) is 11.5 Å². The van der Waals surface area contributed by atoms with Gasteiger partial charge in [-0.25, -0.2) is 0 Å². The molecule has 2 aliphatic heterocycles. The number of phenolic OH excluding ortho intramolecular Hbond substituents is 1. The van der Waals surface area contributed by atoms with Crippen LogP contribution in [0.3, 0.4) is 0 Å². The molecule has 0 aliphatic carbocycles. The Morgan fingerprint density at radius 3 is 1.80 bits per heavy atom. The topological polar surface area (TPSA) is 80.7 Å². The summed E-state index contributed by atoms with van der Waals surface area (Å²) in [5.41, 5.74) is 3.98. The molecule has 220 valence electrons. The fraction of sp³-hybridized carbons (Fsp3) is 0.594. The number of fused-ring (bicyclic) bond motifs is 2. The van der Waals surface area contributed by atoms with Crippen LogP contribution in [0.4, 0.5) is 0 Å². The van der Waals surface area contributed by atoms with Crippen LogP contribution >= 0.6 is 0 Å². The first kappa shape index (κ1) is 30.0. The molecule has 0 saturated carbocycles. The van der Waals surface area contributed by atoms with Gasteiger partial charge in [-0.05, 0) is 74.9 Å². The second-order valence-corrected chi connectivity index (χ2v) is 12.1. The summed E-state index contributed by atoms with van der Waals surface area (Å²) in [6, 6.07) is 4.02. The van der Waals surface area contributed by atoms with Crippen molar-refractivity contribution < 1.29 is 28.8 Å². The molecule has 0 amide bonds. The number of ether oxygens (including phenoxy) is 4. The number of aromatic hydroxyl groups is 1. The van der Waals surface area contributed by atoms with Crippen LogP contribution in [0.2, 0.25) is 0 Å². The van der Waals surface area contributed by atoms with E-state index in [1.54, 1.807) is 14.2 Å². The number of rotatable bonds is 9. The number of likely N-dealkylation sites (N-methyl/N-ethyl adjacent to an activating group) is 2. The molecule has 2 aromatic rings. The van der Waals surface area contributed by atoms with Crippen molar-refractivity contribution in [1.29, 1.82) is 0 Å². The summed E-state index contributed by atoms with van der Waals surface area (Å²) in [5, 5.41) is 11.9. The van der Waals surface area contributed by atoms with Crippen molar-refractivity contribution in [3.63, 3.8) is 0 Å². The average molecular weight is 555 g/mol. The minimum Gasteiger partial charge on any atom is -0.504 e. The molecule has 0 radical (unpaired) electrons. The Morgan fingerprint density at radius 1 is 0.850 bits per heavy atom. The Kier molecular flexibility index (Phi) is 9.20. The summed E-state index contributed by atoms with van der Waals surface area (Å²) in [7, 11) is 7.35. The SMILES string of the molecule is COc1cc2c(c(O)c1Oc1c(OC(C)=O)c(OC)cc3c1[C@@H](CC(C)C)N(C)CC3)[C@H](CC(C)C)N(C)CC2. The third kappa shape index (κ3) is 5.88. The van der Waals surface area contributed by atoms with Gasteiger partial charge < -0.3 is 24.1 Å². The number of methoxy groups -OCH3 is 2. The molecule has 2 heterocycles. The maximum atomic E-state index is 12.3. The monoisotopic (exact) mass is 554 g/mol. The molecule has 0 fully saturated rings. The van der Waals surface area contributed by atoms with Gasteiger partial charge in [-0.1, -0.05) is 27.7 Å². The zero-order chi connectivity index (χ0) is 29.3. The van der Waals surface area contributed by atoms with Gasteiger partial charge in [-0.15, -0.1) is 0 Å². The van der Waals surface area contributed by atoms with E-state index in [1.165, 1.54) is 6.92 Å². The van der Waals surface area contributed by atoms with E-state index in [2.05, 4.69) is 51.6 Å². The molecule has 8 nitrogen and oxygen atoms in total. The number of phenols is 1. The summed E-state index contributed by atoms with van der Waals surface area (Å²) in [6.07, 6.45) is 3.39. The first-order chi connectivity index (χ1) is 19.0. The van der Waals surface area contributed by atoms with E-state index < -0.39 is 5.97 Å². The van der Waals surface area contributed by atoms with Gasteiger partial charge in [-0.2, -0.15) is 0 Å². The Bertz CT molecular complexity index is 1240. The van der Waals surface area contributed by atoms with Crippen LogP contribution in [0.5, 0.6) is 34.5 Å². The maximum Gasteiger partial charge on any atom is 0.308 e. The first-order valence-electron chi connectivity index (χ1n) is 14.4. The molecule has 0 saturated heterocycles. The molecule has 2 aromatic carbocycles. The van der Waals surface area contributed by atoms with Crippen molar-refractivity contribution in [2.24, 2.45) is 11.8 Å². The Hall–Kier alpha value is -2.97. The fourth-order valence-electron chi connectivity index (χ4n) is 6.21. The average Bonchev–Trinajstić information content (AvgIpc) is 2.88. The van der Waals surface area contributed by atoms with Gasteiger partial charge in [0, 0.05) is 43.2 Å². The highest BCUT2D eigenvalue weighted by molar-refractivity contribution is 5.74. The standard InChI is InChI=1S/C32H46N2O6/c1-18(2)14-23-27-21(10-12-33(23)6)16-25(37-8)30(29(27)36)40-32-28-22(11-13-34(7)24(28)15-19(3)4)17-26(38-9)31(32)39-20(5)35/h16-19,23-24,36H,10-15H2,1-9H3/t23-,24+/m0/s1. The van der Waals surface area contributed by atoms with Gasteiger partial charge in [0.25, 0.3) is 0 Å². The van der Waals surface area contributed by atoms with Gasteiger partial charge in [0.1, 0.15) is 0 Å². The zero-order valence-electron chi connectivity index (χ0n) is 25.6. The van der Waals surface area contributed by atoms with Crippen molar-refractivity contribution in [3.05, 3.63) is 34.4 Å². The van der Waals surface area contributed by atoms with Crippen LogP contribution in [0.25, 0.3) is 0 Å². The molecule has 4 rings (SSSR count). The highest BCUT2D eigenvalue weighted by atomic mass is 16.6. The Balaban J connectivity index is 1.98. The third-order valence-corrected chi connectivity index (χ3v) is 8.15. The molecule has 2 atom stereocenters. The lowest BCUT2D eigenvalue weighted by molar-refractivity contribution is -0.132. The largest absolute Gasteiger partial charge is 0.504 e. The second kappa shape index (κ2) is 12.3. The number of carbonyl (C=O) groups is 1. The number of nitrogens with zero attached hydrogens (tertiary/aromatic N) is 2. The zero-order valence-corrected chi connectivity index (χ0v) is 25.6. The molecule has 8 heteroatoms. The molecule has 1 N–H and O–H groups in total. The minimum absolute atomic E-state index is 0.0320. The maximum absolute atomic E-state index is 12.3. The van der Waals surface area contributed by atoms with Crippen LogP contribution < -0.4 is 18.9 Å². The molecule has 40 heavy (non-hydrogen) atoms. The quantitative estimate of drug-likeness (QED) is 0.287. The number of esters is 1. The normalized spacial score (nSPS) is 19.4. The van der Waals surface area contributed by atoms with Crippen molar-refractivity contribution in [2.45, 2.75) is 72.4 Å². The molecular weight excluding hydrogens is 508 g/mol. The van der Waals surface area contributed by atoms with Crippen molar-refractivity contribution in [1.82, 2.24) is 9.80 Å². The van der Waals surface area contributed by atoms with Crippen LogP contribution in [0, 0.1) is 11.8 Å². The number of benzene rings is 2. The molecular formula is C32H46N2O6. The number of hydrogen-bond donors (Lipinski definition) is 1. The summed E-state index contributed by atoms with van der Waals surface area (Å²) < 4.78 is 24.0. The fourth-order valence-corrected chi connectivity index (χ4v) is 6.21. The molecule has 0 unspecified atom stereocenters. The second-order valence-electron chi connectivity index (χ2n) is 12.1. The van der Waals surface area contributed by atoms with E-state index in [9.17, 15) is 9.90 Å². The van der Waals surface area contributed by atoms with E-state index in [-0.39, 0.29) is 29.3 Å². The van der Waals surface area contributed by atoms with Crippen molar-refractivity contribution in [3.8, 4) is 34.5 Å². The van der Waals surface area contributed by atoms with Crippen LogP contribution in [-0.2, 0) is 17.6 Å². The summed E-state index contributed by atoms with van der Waals surface area (Å²) in [6.45, 7) is 11.9. The summed E-state index contributed by atoms with van der Waals surface area (Å²) in [5.74, 6) is 2.15. The van der Waals surface area contributed by atoms with Gasteiger partial charge in [-0.3, -0.25) is 14.6 Å². The molecule has 0 aromatic heterocycles. The van der Waals surface area contributed by atoms with Crippen LogP contribution in [0.15, 0.2) is 12.1 Å². The van der Waals surface area contributed by atoms with E-state index in [4.69, 9.17) is 18.9 Å². The highest BCUT2D eigenvalue weighted by Crippen LogP contribution is 2.55. The molecule has 0 spiro atoms. The van der Waals surface area contributed by atoms with Gasteiger partial charge in [0.05, 0.1) is 14.2 Å². The van der Waals surface area contributed by atoms with Crippen molar-refractivity contribution >= 4 is 5.97 Å². The van der Waals surface area contributed by atoms with Crippen LogP contribution in [0.1, 0.15) is 81.8 Å². The van der Waals surface area contributed by atoms with E-state index in [0.717, 1.165) is 61.0 Å². The predicted octanol–water partition coefficient (Wildman–Crippen LogP) is 6.28. The van der Waals surface area contributed by atoms with E-state index >= 15 is 0 Å². The third-order valence-electron chi connectivity index (χ3n) is 8.15. The number of carbonyl (C=O) groups excluding carboxylic acids is 1. The predicted molar refractivity (Wildman–Crippen MR) is 156 cm³/mol. The smallest absolute Gasteiger partial charge is 0.308 e. The minimum atomic E-state index is -0.479. The first-order valence-corrected chi connectivity index (χ1v) is 14.4. The van der Waals surface area contributed by atoms with E-state index in [0.29, 0.717) is 29.1 Å².